The summed E-state index contributed by atoms with van der Waals surface area (Å²) in [5.41, 5.74) is 0.175. The van der Waals surface area contributed by atoms with Crippen LogP contribution in [0.2, 0.25) is 0 Å². The summed E-state index contributed by atoms with van der Waals surface area (Å²) in [7, 11) is 0. The maximum Gasteiger partial charge on any atom is 0.219 e. The molecule has 0 aliphatic rings. The lowest BCUT2D eigenvalue weighted by atomic mass is 10.1. The van der Waals surface area contributed by atoms with Gasteiger partial charge in [0.15, 0.2) is 0 Å². The molecule has 0 aliphatic heterocycles. The lowest BCUT2D eigenvalue weighted by molar-refractivity contribution is -0.120. The third kappa shape index (κ3) is 9.34. The first kappa shape index (κ1) is 12.4. The summed E-state index contributed by atoms with van der Waals surface area (Å²) in [5.74, 6) is 0.135. The van der Waals surface area contributed by atoms with Gasteiger partial charge in [-0.1, -0.05) is 6.92 Å². The van der Waals surface area contributed by atoms with Crippen LogP contribution in [0.3, 0.4) is 0 Å². The molecule has 0 radical (unpaired) electrons. The molecular formula is C10H22N2O. The Labute approximate surface area is 81.3 Å². The van der Waals surface area contributed by atoms with E-state index in [0.29, 0.717) is 6.42 Å². The summed E-state index contributed by atoms with van der Waals surface area (Å²) in [4.78, 5) is 10.8. The van der Waals surface area contributed by atoms with Crippen molar-refractivity contribution in [2.45, 2.75) is 46.1 Å². The summed E-state index contributed by atoms with van der Waals surface area (Å²) >= 11 is 0. The molecule has 0 fully saturated rings. The van der Waals surface area contributed by atoms with Crippen LogP contribution in [0.5, 0.6) is 0 Å². The van der Waals surface area contributed by atoms with Crippen LogP contribution in [-0.4, -0.2) is 24.5 Å². The van der Waals surface area contributed by atoms with Gasteiger partial charge in [0.25, 0.3) is 0 Å². The lowest BCUT2D eigenvalue weighted by Gasteiger charge is -2.20. The van der Waals surface area contributed by atoms with E-state index in [2.05, 4.69) is 31.4 Å². The smallest absolute Gasteiger partial charge is 0.219 e. The van der Waals surface area contributed by atoms with Crippen LogP contribution in [0.4, 0.5) is 0 Å². The van der Waals surface area contributed by atoms with Crippen molar-refractivity contribution in [1.82, 2.24) is 10.6 Å². The molecule has 0 bridgehead atoms. The molecule has 1 amide bonds. The van der Waals surface area contributed by atoms with Crippen molar-refractivity contribution >= 4 is 5.91 Å². The van der Waals surface area contributed by atoms with E-state index in [1.807, 2.05) is 6.92 Å². The van der Waals surface area contributed by atoms with E-state index in [-0.39, 0.29) is 11.4 Å². The predicted octanol–water partition coefficient (Wildman–Crippen LogP) is 1.29. The average molecular weight is 186 g/mol. The van der Waals surface area contributed by atoms with Crippen LogP contribution in [-0.2, 0) is 4.79 Å². The van der Waals surface area contributed by atoms with Gasteiger partial charge in [0, 0.05) is 18.5 Å². The first-order chi connectivity index (χ1) is 5.95. The number of carbonyl (C=O) groups is 1. The second-order valence-electron chi connectivity index (χ2n) is 4.23. The van der Waals surface area contributed by atoms with Crippen LogP contribution >= 0.6 is 0 Å². The van der Waals surface area contributed by atoms with Crippen molar-refractivity contribution in [3.8, 4) is 0 Å². The molecule has 0 saturated heterocycles. The quantitative estimate of drug-likeness (QED) is 0.635. The van der Waals surface area contributed by atoms with Crippen molar-refractivity contribution in [1.29, 1.82) is 0 Å². The van der Waals surface area contributed by atoms with E-state index in [4.69, 9.17) is 0 Å². The third-order valence-electron chi connectivity index (χ3n) is 1.65. The van der Waals surface area contributed by atoms with E-state index in [0.717, 1.165) is 19.5 Å². The molecule has 0 aromatic carbocycles. The van der Waals surface area contributed by atoms with Crippen molar-refractivity contribution in [3.05, 3.63) is 0 Å². The van der Waals surface area contributed by atoms with Crippen molar-refractivity contribution in [3.63, 3.8) is 0 Å². The SMILES string of the molecule is CCC(=O)NCCCNC(C)(C)C. The summed E-state index contributed by atoms with van der Waals surface area (Å²) < 4.78 is 0. The second kappa shape index (κ2) is 5.97. The zero-order valence-electron chi connectivity index (χ0n) is 9.24. The number of hydrogen-bond donors (Lipinski definition) is 2. The Bertz CT molecular complexity index is 149. The van der Waals surface area contributed by atoms with E-state index < -0.39 is 0 Å². The maximum atomic E-state index is 10.8. The Kier molecular flexibility index (Phi) is 5.71. The van der Waals surface area contributed by atoms with Gasteiger partial charge in [-0.05, 0) is 33.7 Å². The molecule has 0 heterocycles. The van der Waals surface area contributed by atoms with Gasteiger partial charge in [-0.25, -0.2) is 0 Å². The van der Waals surface area contributed by atoms with Crippen molar-refractivity contribution in [2.24, 2.45) is 0 Å². The Morgan fingerprint density at radius 2 is 1.85 bits per heavy atom. The van der Waals surface area contributed by atoms with Gasteiger partial charge < -0.3 is 10.6 Å². The fourth-order valence-corrected chi connectivity index (χ4v) is 0.905. The van der Waals surface area contributed by atoms with E-state index in [1.54, 1.807) is 0 Å². The molecule has 78 valence electrons. The highest BCUT2D eigenvalue weighted by molar-refractivity contribution is 5.75. The molecule has 0 unspecified atom stereocenters. The molecule has 0 aromatic rings. The predicted molar refractivity (Wildman–Crippen MR) is 55.7 cm³/mol. The zero-order valence-corrected chi connectivity index (χ0v) is 9.24. The first-order valence-corrected chi connectivity index (χ1v) is 4.97. The minimum Gasteiger partial charge on any atom is -0.356 e. The fourth-order valence-electron chi connectivity index (χ4n) is 0.905. The largest absolute Gasteiger partial charge is 0.356 e. The highest BCUT2D eigenvalue weighted by atomic mass is 16.1. The Morgan fingerprint density at radius 3 is 2.31 bits per heavy atom. The van der Waals surface area contributed by atoms with Crippen molar-refractivity contribution < 1.29 is 4.79 Å². The molecule has 13 heavy (non-hydrogen) atoms. The van der Waals surface area contributed by atoms with E-state index >= 15 is 0 Å². The molecular weight excluding hydrogens is 164 g/mol. The van der Waals surface area contributed by atoms with Gasteiger partial charge in [-0.2, -0.15) is 0 Å². The summed E-state index contributed by atoms with van der Waals surface area (Å²) in [5, 5.41) is 6.20. The molecule has 3 heteroatoms. The minimum absolute atomic E-state index is 0.135. The number of rotatable bonds is 5. The third-order valence-corrected chi connectivity index (χ3v) is 1.65. The summed E-state index contributed by atoms with van der Waals surface area (Å²) in [6.45, 7) is 10.00. The molecule has 0 atom stereocenters. The van der Waals surface area contributed by atoms with Gasteiger partial charge in [-0.3, -0.25) is 4.79 Å². The van der Waals surface area contributed by atoms with Crippen LogP contribution in [0.15, 0.2) is 0 Å². The highest BCUT2D eigenvalue weighted by Gasteiger charge is 2.06. The molecule has 0 aliphatic carbocycles. The number of hydrogen-bond acceptors (Lipinski definition) is 2. The molecule has 0 spiro atoms. The molecule has 3 nitrogen and oxygen atoms in total. The van der Waals surface area contributed by atoms with E-state index in [9.17, 15) is 4.79 Å². The van der Waals surface area contributed by atoms with Gasteiger partial charge in [0.2, 0.25) is 5.91 Å². The maximum absolute atomic E-state index is 10.8. The summed E-state index contributed by atoms with van der Waals surface area (Å²) in [6.07, 6.45) is 1.57. The van der Waals surface area contributed by atoms with Crippen LogP contribution in [0.1, 0.15) is 40.5 Å². The Balaban J connectivity index is 3.22. The van der Waals surface area contributed by atoms with Gasteiger partial charge in [0.05, 0.1) is 0 Å². The van der Waals surface area contributed by atoms with Gasteiger partial charge in [0.1, 0.15) is 0 Å². The lowest BCUT2D eigenvalue weighted by Crippen LogP contribution is -2.37. The standard InChI is InChI=1S/C10H22N2O/c1-5-9(13)11-7-6-8-12-10(2,3)4/h12H,5-8H2,1-4H3,(H,11,13). The Hall–Kier alpha value is -0.570. The molecule has 0 aromatic heterocycles. The zero-order chi connectivity index (χ0) is 10.3. The number of nitrogens with one attached hydrogen (secondary N) is 2. The van der Waals surface area contributed by atoms with Gasteiger partial charge in [-0.15, -0.1) is 0 Å². The van der Waals surface area contributed by atoms with Gasteiger partial charge >= 0.3 is 0 Å². The second-order valence-corrected chi connectivity index (χ2v) is 4.23. The highest BCUT2D eigenvalue weighted by Crippen LogP contribution is 1.97. The summed E-state index contributed by atoms with van der Waals surface area (Å²) in [6, 6.07) is 0. The number of amides is 1. The first-order valence-electron chi connectivity index (χ1n) is 4.97. The van der Waals surface area contributed by atoms with Crippen LogP contribution in [0.25, 0.3) is 0 Å². The van der Waals surface area contributed by atoms with Crippen LogP contribution in [0, 0.1) is 0 Å². The normalized spacial score (nSPS) is 11.4. The topological polar surface area (TPSA) is 41.1 Å². The monoisotopic (exact) mass is 186 g/mol. The molecule has 2 N–H and O–H groups in total. The van der Waals surface area contributed by atoms with Crippen LogP contribution < -0.4 is 10.6 Å². The average Bonchev–Trinajstić information content (AvgIpc) is 2.01. The number of carbonyl (C=O) groups excluding carboxylic acids is 1. The molecule has 0 saturated carbocycles. The van der Waals surface area contributed by atoms with Crippen molar-refractivity contribution in [2.75, 3.05) is 13.1 Å². The van der Waals surface area contributed by atoms with E-state index in [1.165, 1.54) is 0 Å². The fraction of sp³-hybridized carbons (Fsp3) is 0.900. The molecule has 0 rings (SSSR count). The minimum atomic E-state index is 0.135. The Morgan fingerprint density at radius 1 is 1.23 bits per heavy atom.